The molecule has 5 rings (SSSR count). The summed E-state index contributed by atoms with van der Waals surface area (Å²) in [6.45, 7) is 1.68. The van der Waals surface area contributed by atoms with Gasteiger partial charge in [0.05, 0.1) is 19.7 Å². The van der Waals surface area contributed by atoms with E-state index in [0.29, 0.717) is 29.6 Å². The Balaban J connectivity index is 1.29. The Morgan fingerprint density at radius 2 is 2.05 bits per heavy atom. The summed E-state index contributed by atoms with van der Waals surface area (Å²) >= 11 is 0. The molecule has 2 fully saturated rings. The Hall–Kier alpha value is -3.97. The lowest BCUT2D eigenvalue weighted by molar-refractivity contribution is -0.138. The summed E-state index contributed by atoms with van der Waals surface area (Å²) < 4.78 is 43.6. The first-order valence-electron chi connectivity index (χ1n) is 12.6. The minimum atomic E-state index is -4.02. The second-order valence-corrected chi connectivity index (χ2v) is 11.2. The number of pyridine rings is 1. The van der Waals surface area contributed by atoms with Crippen LogP contribution in [0.1, 0.15) is 26.2 Å². The number of amides is 2. The van der Waals surface area contributed by atoms with Gasteiger partial charge in [-0.3, -0.25) is 9.59 Å². The van der Waals surface area contributed by atoms with Gasteiger partial charge in [-0.25, -0.2) is 18.2 Å². The molecule has 1 N–H and O–H groups in total. The second-order valence-electron chi connectivity index (χ2n) is 9.34. The zero-order valence-corrected chi connectivity index (χ0v) is 22.2. The monoisotopic (exact) mass is 556 g/mol. The summed E-state index contributed by atoms with van der Waals surface area (Å²) in [6.07, 6.45) is 1.62. The van der Waals surface area contributed by atoms with Crippen molar-refractivity contribution < 1.29 is 36.7 Å². The third-order valence-corrected chi connectivity index (χ3v) is 8.72. The lowest BCUT2D eigenvalue weighted by Gasteiger charge is -2.27. The summed E-state index contributed by atoms with van der Waals surface area (Å²) in [7, 11) is -2.52. The molecule has 12 nitrogen and oxygen atoms in total. The molecule has 206 valence electrons. The first-order chi connectivity index (χ1) is 18.7. The van der Waals surface area contributed by atoms with Gasteiger partial charge in [0.2, 0.25) is 5.91 Å². The fourth-order valence-electron chi connectivity index (χ4n) is 5.19. The Morgan fingerprint density at radius 3 is 2.77 bits per heavy atom. The topological polar surface area (TPSA) is 148 Å². The minimum Gasteiger partial charge on any atom is -0.493 e. The Kier molecular flexibility index (Phi) is 7.28. The number of fused-ring (bicyclic) bond motifs is 2. The maximum absolute atomic E-state index is 13.5. The number of rotatable bonds is 8. The molecule has 1 aromatic carbocycles. The van der Waals surface area contributed by atoms with Gasteiger partial charge >= 0.3 is 6.09 Å². The number of benzene rings is 1. The van der Waals surface area contributed by atoms with Crippen molar-refractivity contribution in [3.63, 3.8) is 0 Å². The van der Waals surface area contributed by atoms with E-state index < -0.39 is 40.1 Å². The first kappa shape index (κ1) is 26.6. The summed E-state index contributed by atoms with van der Waals surface area (Å²) in [5.41, 5.74) is 0.414. The third kappa shape index (κ3) is 4.94. The molecule has 0 bridgehead atoms. The Morgan fingerprint density at radius 1 is 1.23 bits per heavy atom. The Bertz CT molecular complexity index is 1510. The lowest BCUT2D eigenvalue weighted by atomic mass is 10.1. The van der Waals surface area contributed by atoms with E-state index in [4.69, 9.17) is 13.9 Å². The van der Waals surface area contributed by atoms with E-state index in [1.807, 2.05) is 6.92 Å². The highest BCUT2D eigenvalue weighted by atomic mass is 32.2. The van der Waals surface area contributed by atoms with Crippen LogP contribution in [-0.4, -0.2) is 78.7 Å². The SMILES string of the molecule is CCCC(NC(=O)Oc1cc2cccc(OC)c2o1)C(=O)N1CCC2C1C(=O)CN2S(=O)(=O)c1ccccn1. The number of sulfonamides is 1. The number of aromatic nitrogens is 1. The summed E-state index contributed by atoms with van der Waals surface area (Å²) in [4.78, 5) is 44.6. The van der Waals surface area contributed by atoms with Gasteiger partial charge in [-0.05, 0) is 31.0 Å². The molecule has 2 aliphatic rings. The van der Waals surface area contributed by atoms with Crippen LogP contribution in [0.15, 0.2) is 58.1 Å². The third-order valence-electron chi connectivity index (χ3n) is 6.94. The van der Waals surface area contributed by atoms with E-state index in [-0.39, 0.29) is 36.3 Å². The quantitative estimate of drug-likeness (QED) is 0.441. The molecule has 39 heavy (non-hydrogen) atoms. The van der Waals surface area contributed by atoms with Crippen molar-refractivity contribution in [2.75, 3.05) is 20.2 Å². The van der Waals surface area contributed by atoms with Gasteiger partial charge in [0.25, 0.3) is 16.0 Å². The number of ether oxygens (including phenoxy) is 2. The van der Waals surface area contributed by atoms with Crippen molar-refractivity contribution in [3.8, 4) is 11.7 Å². The predicted molar refractivity (Wildman–Crippen MR) is 138 cm³/mol. The number of hydrogen-bond acceptors (Lipinski definition) is 9. The van der Waals surface area contributed by atoms with Gasteiger partial charge in [-0.2, -0.15) is 4.31 Å². The van der Waals surface area contributed by atoms with Crippen molar-refractivity contribution in [3.05, 3.63) is 48.7 Å². The van der Waals surface area contributed by atoms with Crippen molar-refractivity contribution in [2.24, 2.45) is 0 Å². The van der Waals surface area contributed by atoms with Crippen LogP contribution in [0.2, 0.25) is 0 Å². The van der Waals surface area contributed by atoms with Crippen molar-refractivity contribution >= 4 is 38.8 Å². The van der Waals surface area contributed by atoms with E-state index in [2.05, 4.69) is 10.3 Å². The zero-order valence-electron chi connectivity index (χ0n) is 21.4. The predicted octanol–water partition coefficient (Wildman–Crippen LogP) is 2.34. The van der Waals surface area contributed by atoms with Crippen molar-refractivity contribution in [1.29, 1.82) is 0 Å². The number of nitrogens with one attached hydrogen (secondary N) is 1. The number of furan rings is 1. The molecule has 0 spiro atoms. The molecule has 3 unspecified atom stereocenters. The van der Waals surface area contributed by atoms with Crippen LogP contribution in [0.3, 0.4) is 0 Å². The molecule has 2 amide bonds. The molecule has 2 aliphatic heterocycles. The molecule has 0 saturated carbocycles. The minimum absolute atomic E-state index is 0.0720. The molecule has 3 aromatic rings. The van der Waals surface area contributed by atoms with Crippen LogP contribution in [0.5, 0.6) is 11.7 Å². The number of para-hydroxylation sites is 1. The Labute approximate surface area is 224 Å². The molecule has 0 radical (unpaired) electrons. The average Bonchev–Trinajstić information content (AvgIpc) is 3.63. The molecule has 4 heterocycles. The number of hydrogen-bond donors (Lipinski definition) is 1. The molecular formula is C26H28N4O8S. The van der Waals surface area contributed by atoms with Gasteiger partial charge < -0.3 is 24.1 Å². The number of likely N-dealkylation sites (tertiary alicyclic amines) is 1. The van der Waals surface area contributed by atoms with E-state index >= 15 is 0 Å². The highest BCUT2D eigenvalue weighted by molar-refractivity contribution is 7.89. The normalized spacial score (nSPS) is 20.2. The first-order valence-corrected chi connectivity index (χ1v) is 14.0. The number of nitrogens with zero attached hydrogens (tertiary/aromatic N) is 3. The molecular weight excluding hydrogens is 528 g/mol. The molecule has 13 heteroatoms. The van der Waals surface area contributed by atoms with Crippen molar-refractivity contribution in [2.45, 2.75) is 49.3 Å². The van der Waals surface area contributed by atoms with Crippen LogP contribution >= 0.6 is 0 Å². The standard InChI is InChI=1S/C26H28N4O8S/c1-3-7-17(28-26(33)38-22-14-16-8-6-9-20(36-2)24(16)37-22)25(32)29-13-11-18-23(29)19(31)15-30(18)39(34,35)21-10-4-5-12-27-21/h4-6,8-10,12,14,17-18,23H,3,7,11,13,15H2,1-2H3,(H,28,33). The fraction of sp³-hybridized carbons (Fsp3) is 0.385. The lowest BCUT2D eigenvalue weighted by Crippen LogP contribution is -2.53. The van der Waals surface area contributed by atoms with E-state index in [0.717, 1.165) is 4.31 Å². The fourth-order valence-corrected chi connectivity index (χ4v) is 6.75. The smallest absolute Gasteiger partial charge is 0.415 e. The average molecular weight is 557 g/mol. The van der Waals surface area contributed by atoms with Gasteiger partial charge in [-0.15, -0.1) is 0 Å². The largest absolute Gasteiger partial charge is 0.493 e. The van der Waals surface area contributed by atoms with Crippen LogP contribution in [0.25, 0.3) is 11.0 Å². The maximum atomic E-state index is 13.5. The highest BCUT2D eigenvalue weighted by Gasteiger charge is 2.54. The van der Waals surface area contributed by atoms with Gasteiger partial charge in [-0.1, -0.05) is 31.5 Å². The molecule has 2 aromatic heterocycles. The van der Waals surface area contributed by atoms with Gasteiger partial charge in [0, 0.05) is 24.2 Å². The summed E-state index contributed by atoms with van der Waals surface area (Å²) in [5.74, 6) is -0.444. The van der Waals surface area contributed by atoms with Crippen LogP contribution in [0.4, 0.5) is 4.79 Å². The van der Waals surface area contributed by atoms with Crippen LogP contribution < -0.4 is 14.8 Å². The van der Waals surface area contributed by atoms with E-state index in [1.165, 1.54) is 30.3 Å². The maximum Gasteiger partial charge on any atom is 0.415 e. The number of methoxy groups -OCH3 is 1. The molecule has 0 aliphatic carbocycles. The summed E-state index contributed by atoms with van der Waals surface area (Å²) in [6, 6.07) is 8.71. The summed E-state index contributed by atoms with van der Waals surface area (Å²) in [5, 5.41) is 3.10. The van der Waals surface area contributed by atoms with Crippen molar-refractivity contribution in [1.82, 2.24) is 19.5 Å². The molecule has 2 saturated heterocycles. The van der Waals surface area contributed by atoms with Gasteiger partial charge in [0.15, 0.2) is 22.1 Å². The van der Waals surface area contributed by atoms with Crippen LogP contribution in [0, 0.1) is 0 Å². The molecule has 3 atom stereocenters. The second kappa shape index (κ2) is 10.7. The highest BCUT2D eigenvalue weighted by Crippen LogP contribution is 2.34. The number of carbonyl (C=O) groups excluding carboxylic acids is 3. The van der Waals surface area contributed by atoms with E-state index in [1.54, 1.807) is 30.3 Å². The van der Waals surface area contributed by atoms with Gasteiger partial charge in [0.1, 0.15) is 12.1 Å². The number of carbonyl (C=O) groups is 3. The number of Topliss-reactive ketones (excluding diaryl/α,β-unsaturated/α-hetero) is 1. The van der Waals surface area contributed by atoms with E-state index in [9.17, 15) is 22.8 Å². The van der Waals surface area contributed by atoms with Crippen LogP contribution in [-0.2, 0) is 19.6 Å². The number of ketones is 1. The zero-order chi connectivity index (χ0) is 27.7.